The van der Waals surface area contributed by atoms with E-state index >= 15 is 0 Å². The Hall–Kier alpha value is -1.91. The Morgan fingerprint density at radius 2 is 1.91 bits per heavy atom. The minimum atomic E-state index is -0.518. The molecule has 0 aromatic heterocycles. The third-order valence-corrected chi connectivity index (χ3v) is 4.07. The highest BCUT2D eigenvalue weighted by atomic mass is 19.1. The first-order chi connectivity index (χ1) is 10.5. The van der Waals surface area contributed by atoms with Crippen molar-refractivity contribution in [3.8, 4) is 0 Å². The van der Waals surface area contributed by atoms with Crippen LogP contribution in [0.25, 0.3) is 0 Å². The van der Waals surface area contributed by atoms with Crippen molar-refractivity contribution in [2.75, 3.05) is 10.6 Å². The van der Waals surface area contributed by atoms with Crippen molar-refractivity contribution >= 4 is 23.2 Å². The molecule has 1 fully saturated rings. The Kier molecular flexibility index (Phi) is 5.92. The van der Waals surface area contributed by atoms with Crippen LogP contribution in [0.3, 0.4) is 0 Å². The van der Waals surface area contributed by atoms with Crippen LogP contribution in [0.2, 0.25) is 0 Å². The molecule has 5 heteroatoms. The number of halogens is 1. The van der Waals surface area contributed by atoms with Crippen LogP contribution < -0.4 is 10.6 Å². The maximum atomic E-state index is 13.5. The van der Waals surface area contributed by atoms with Crippen LogP contribution in [-0.4, -0.2) is 11.8 Å². The predicted octanol–water partition coefficient (Wildman–Crippen LogP) is 4.08. The number of nitrogens with one attached hydrogen (secondary N) is 2. The fraction of sp³-hybridized carbons (Fsp3) is 0.529. The highest BCUT2D eigenvalue weighted by Gasteiger charge is 2.15. The first kappa shape index (κ1) is 16.5. The van der Waals surface area contributed by atoms with E-state index in [0.717, 1.165) is 6.42 Å². The number of hydrogen-bond acceptors (Lipinski definition) is 2. The molecule has 2 rings (SSSR count). The first-order valence-corrected chi connectivity index (χ1v) is 7.91. The van der Waals surface area contributed by atoms with Gasteiger partial charge in [0.2, 0.25) is 11.8 Å². The second kappa shape index (κ2) is 7.92. The van der Waals surface area contributed by atoms with Crippen molar-refractivity contribution in [2.45, 2.75) is 51.9 Å². The Morgan fingerprint density at radius 3 is 2.59 bits per heavy atom. The van der Waals surface area contributed by atoms with E-state index in [-0.39, 0.29) is 17.5 Å². The third kappa shape index (κ3) is 5.13. The van der Waals surface area contributed by atoms with E-state index in [1.807, 2.05) is 0 Å². The lowest BCUT2D eigenvalue weighted by molar-refractivity contribution is -0.116. The number of carbonyl (C=O) groups excluding carboxylic acids is 2. The molecular weight excluding hydrogens is 283 g/mol. The Balaban J connectivity index is 1.86. The quantitative estimate of drug-likeness (QED) is 0.861. The third-order valence-electron chi connectivity index (χ3n) is 4.07. The Labute approximate surface area is 130 Å². The van der Waals surface area contributed by atoms with Crippen molar-refractivity contribution < 1.29 is 14.0 Å². The fourth-order valence-corrected chi connectivity index (χ4v) is 2.92. The molecule has 2 amide bonds. The van der Waals surface area contributed by atoms with Crippen LogP contribution in [0.5, 0.6) is 0 Å². The Morgan fingerprint density at radius 1 is 1.18 bits per heavy atom. The number of carbonyl (C=O) groups is 2. The maximum Gasteiger partial charge on any atom is 0.224 e. The SMILES string of the molecule is CC(=O)Nc1cc(NC(=O)CCC2CCCCC2)ccc1F. The van der Waals surface area contributed by atoms with Gasteiger partial charge in [0.1, 0.15) is 5.82 Å². The van der Waals surface area contributed by atoms with Gasteiger partial charge in [-0.2, -0.15) is 0 Å². The molecule has 1 aliphatic rings. The summed E-state index contributed by atoms with van der Waals surface area (Å²) in [4.78, 5) is 23.0. The second-order valence-electron chi connectivity index (χ2n) is 5.97. The normalized spacial score (nSPS) is 15.4. The van der Waals surface area contributed by atoms with E-state index in [1.165, 1.54) is 57.2 Å². The standard InChI is InChI=1S/C17H23FN2O2/c1-12(21)19-16-11-14(8-9-15(16)18)20-17(22)10-7-13-5-3-2-4-6-13/h8-9,11,13H,2-7,10H2,1H3,(H,19,21)(H,20,22). The van der Waals surface area contributed by atoms with Gasteiger partial charge in [0.15, 0.2) is 0 Å². The molecule has 4 nitrogen and oxygen atoms in total. The van der Waals surface area contributed by atoms with E-state index in [0.29, 0.717) is 18.0 Å². The van der Waals surface area contributed by atoms with Crippen LogP contribution in [0.1, 0.15) is 51.9 Å². The molecule has 0 spiro atoms. The number of benzene rings is 1. The summed E-state index contributed by atoms with van der Waals surface area (Å²) in [5, 5.41) is 5.17. The molecule has 0 bridgehead atoms. The first-order valence-electron chi connectivity index (χ1n) is 7.91. The van der Waals surface area contributed by atoms with Gasteiger partial charge in [-0.25, -0.2) is 4.39 Å². The second-order valence-corrected chi connectivity index (χ2v) is 5.97. The summed E-state index contributed by atoms with van der Waals surface area (Å²) in [6.45, 7) is 1.31. The summed E-state index contributed by atoms with van der Waals surface area (Å²) in [6.07, 6.45) is 7.68. The van der Waals surface area contributed by atoms with Crippen LogP contribution in [-0.2, 0) is 9.59 Å². The van der Waals surface area contributed by atoms with Crippen molar-refractivity contribution in [2.24, 2.45) is 5.92 Å². The van der Waals surface area contributed by atoms with Gasteiger partial charge in [-0.1, -0.05) is 32.1 Å². The summed E-state index contributed by atoms with van der Waals surface area (Å²) >= 11 is 0. The summed E-state index contributed by atoms with van der Waals surface area (Å²) in [7, 11) is 0. The van der Waals surface area contributed by atoms with Gasteiger partial charge in [-0.15, -0.1) is 0 Å². The van der Waals surface area contributed by atoms with Crippen LogP contribution in [0.4, 0.5) is 15.8 Å². The van der Waals surface area contributed by atoms with Crippen molar-refractivity contribution in [1.82, 2.24) is 0 Å². The lowest BCUT2D eigenvalue weighted by Gasteiger charge is -2.21. The minimum Gasteiger partial charge on any atom is -0.326 e. The number of rotatable bonds is 5. The van der Waals surface area contributed by atoms with Gasteiger partial charge in [-0.3, -0.25) is 9.59 Å². The molecule has 22 heavy (non-hydrogen) atoms. The lowest BCUT2D eigenvalue weighted by Crippen LogP contribution is -2.15. The fourth-order valence-electron chi connectivity index (χ4n) is 2.92. The van der Waals surface area contributed by atoms with Gasteiger partial charge in [0, 0.05) is 19.0 Å². The zero-order valence-corrected chi connectivity index (χ0v) is 13.0. The van der Waals surface area contributed by atoms with Crippen LogP contribution in [0, 0.1) is 11.7 Å². The van der Waals surface area contributed by atoms with E-state index in [1.54, 1.807) is 0 Å². The molecule has 0 atom stereocenters. The molecule has 0 heterocycles. The molecule has 1 saturated carbocycles. The molecule has 120 valence electrons. The largest absolute Gasteiger partial charge is 0.326 e. The summed E-state index contributed by atoms with van der Waals surface area (Å²) in [5.41, 5.74) is 0.580. The average Bonchev–Trinajstić information content (AvgIpc) is 2.49. The van der Waals surface area contributed by atoms with Crippen LogP contribution >= 0.6 is 0 Å². The maximum absolute atomic E-state index is 13.5. The molecule has 0 saturated heterocycles. The van der Waals surface area contributed by atoms with E-state index in [2.05, 4.69) is 10.6 Å². The summed E-state index contributed by atoms with van der Waals surface area (Å²) in [6, 6.07) is 4.18. The van der Waals surface area contributed by atoms with Gasteiger partial charge in [0.25, 0.3) is 0 Å². The van der Waals surface area contributed by atoms with E-state index < -0.39 is 5.82 Å². The molecule has 0 unspecified atom stereocenters. The summed E-state index contributed by atoms with van der Waals surface area (Å²) in [5.74, 6) is -0.274. The molecular formula is C17H23FN2O2. The van der Waals surface area contributed by atoms with Crippen molar-refractivity contribution in [3.63, 3.8) is 0 Å². The van der Waals surface area contributed by atoms with Gasteiger partial charge in [0.05, 0.1) is 5.69 Å². The minimum absolute atomic E-state index is 0.0639. The predicted molar refractivity (Wildman–Crippen MR) is 85.1 cm³/mol. The lowest BCUT2D eigenvalue weighted by atomic mass is 9.86. The van der Waals surface area contributed by atoms with Gasteiger partial charge < -0.3 is 10.6 Å². The van der Waals surface area contributed by atoms with Crippen molar-refractivity contribution in [3.05, 3.63) is 24.0 Å². The average molecular weight is 306 g/mol. The number of amides is 2. The van der Waals surface area contributed by atoms with E-state index in [4.69, 9.17) is 0 Å². The zero-order valence-electron chi connectivity index (χ0n) is 13.0. The molecule has 0 aliphatic heterocycles. The molecule has 1 aromatic rings. The monoisotopic (exact) mass is 306 g/mol. The zero-order chi connectivity index (χ0) is 15.9. The van der Waals surface area contributed by atoms with Gasteiger partial charge >= 0.3 is 0 Å². The molecule has 2 N–H and O–H groups in total. The summed E-state index contributed by atoms with van der Waals surface area (Å²) < 4.78 is 13.5. The van der Waals surface area contributed by atoms with Gasteiger partial charge in [-0.05, 0) is 30.5 Å². The molecule has 0 radical (unpaired) electrons. The van der Waals surface area contributed by atoms with Crippen molar-refractivity contribution in [1.29, 1.82) is 0 Å². The Bertz CT molecular complexity index is 539. The van der Waals surface area contributed by atoms with E-state index in [9.17, 15) is 14.0 Å². The molecule has 1 aliphatic carbocycles. The highest BCUT2D eigenvalue weighted by Crippen LogP contribution is 2.27. The molecule has 1 aromatic carbocycles. The highest BCUT2D eigenvalue weighted by molar-refractivity contribution is 5.93. The topological polar surface area (TPSA) is 58.2 Å². The number of hydrogen-bond donors (Lipinski definition) is 2. The number of anilines is 2. The smallest absolute Gasteiger partial charge is 0.224 e. The van der Waals surface area contributed by atoms with Crippen LogP contribution in [0.15, 0.2) is 18.2 Å².